The second-order valence-electron chi connectivity index (χ2n) is 4.39. The molecule has 2 N–H and O–H groups in total. The largest absolute Gasteiger partial charge is 0.480 e. The first-order valence-corrected chi connectivity index (χ1v) is 6.35. The molecule has 1 saturated carbocycles. The molecule has 0 bridgehead atoms. The number of aromatic nitrogens is 1. The molecule has 1 aliphatic carbocycles. The summed E-state index contributed by atoms with van der Waals surface area (Å²) in [6.45, 7) is 0. The van der Waals surface area contributed by atoms with Crippen molar-refractivity contribution in [2.75, 3.05) is 5.32 Å². The van der Waals surface area contributed by atoms with Crippen molar-refractivity contribution >= 4 is 33.4 Å². The summed E-state index contributed by atoms with van der Waals surface area (Å²) in [4.78, 5) is 11.3. The maximum atomic E-state index is 11.3. The number of carboxylic acids is 1. The van der Waals surface area contributed by atoms with Crippen molar-refractivity contribution in [3.05, 3.63) is 24.3 Å². The highest BCUT2D eigenvalue weighted by Crippen LogP contribution is 2.39. The Balaban J connectivity index is 1.97. The molecule has 1 aliphatic rings. The van der Waals surface area contributed by atoms with Crippen LogP contribution in [0, 0.1) is 0 Å². The number of anilines is 1. The second-order valence-corrected chi connectivity index (χ2v) is 5.17. The van der Waals surface area contributed by atoms with E-state index in [0.717, 1.165) is 22.3 Å². The van der Waals surface area contributed by atoms with E-state index >= 15 is 0 Å². The van der Waals surface area contributed by atoms with Gasteiger partial charge in [0.25, 0.3) is 0 Å². The molecular weight excluding hydrogens is 236 g/mol. The van der Waals surface area contributed by atoms with Crippen LogP contribution in [-0.4, -0.2) is 21.0 Å². The van der Waals surface area contributed by atoms with Crippen molar-refractivity contribution in [2.24, 2.45) is 0 Å². The summed E-state index contributed by atoms with van der Waals surface area (Å²) in [5.74, 6) is -0.763. The number of fused-ring (bicyclic) bond motifs is 1. The third-order valence-electron chi connectivity index (χ3n) is 3.35. The summed E-state index contributed by atoms with van der Waals surface area (Å²) in [5.41, 5.74) is 0.148. The quantitative estimate of drug-likeness (QED) is 0.876. The van der Waals surface area contributed by atoms with E-state index < -0.39 is 11.5 Å². The first-order chi connectivity index (χ1) is 8.21. The highest BCUT2D eigenvalue weighted by Gasteiger charge is 2.44. The van der Waals surface area contributed by atoms with Crippen LogP contribution in [0.2, 0.25) is 0 Å². The maximum absolute atomic E-state index is 11.3. The van der Waals surface area contributed by atoms with Crippen molar-refractivity contribution in [1.29, 1.82) is 0 Å². The van der Waals surface area contributed by atoms with Crippen LogP contribution in [0.4, 0.5) is 5.00 Å². The number of nitrogens with zero attached hydrogens (tertiary/aromatic N) is 1. The topological polar surface area (TPSA) is 62.2 Å². The number of aliphatic carboxylic acids is 1. The van der Waals surface area contributed by atoms with Gasteiger partial charge in [0, 0.05) is 5.39 Å². The lowest BCUT2D eigenvalue weighted by molar-refractivity contribution is -0.145. The Hall–Kier alpha value is -1.62. The van der Waals surface area contributed by atoms with E-state index in [0.29, 0.717) is 12.8 Å². The number of carbonyl (C=O) groups is 1. The molecule has 0 aliphatic heterocycles. The minimum Gasteiger partial charge on any atom is -0.480 e. The highest BCUT2D eigenvalue weighted by atomic mass is 32.1. The molecule has 0 amide bonds. The fraction of sp³-hybridized carbons (Fsp3) is 0.333. The lowest BCUT2D eigenvalue weighted by atomic mass is 9.77. The highest BCUT2D eigenvalue weighted by molar-refractivity contribution is 7.11. The predicted octanol–water partition coefficient (Wildman–Crippen LogP) is 2.72. The molecule has 1 aromatic heterocycles. The van der Waals surface area contributed by atoms with Crippen LogP contribution in [0.15, 0.2) is 24.3 Å². The minimum absolute atomic E-state index is 0.689. The second kappa shape index (κ2) is 3.70. The number of hydrogen-bond acceptors (Lipinski definition) is 4. The van der Waals surface area contributed by atoms with Crippen molar-refractivity contribution in [3.63, 3.8) is 0 Å². The molecule has 4 nitrogen and oxygen atoms in total. The first kappa shape index (κ1) is 10.5. The number of carboxylic acid groups (broad SMARTS) is 1. The molecule has 5 heteroatoms. The Morgan fingerprint density at radius 1 is 1.41 bits per heavy atom. The Morgan fingerprint density at radius 3 is 2.82 bits per heavy atom. The monoisotopic (exact) mass is 248 g/mol. The van der Waals surface area contributed by atoms with Gasteiger partial charge in [-0.25, -0.2) is 4.79 Å². The third-order valence-corrected chi connectivity index (χ3v) is 4.15. The van der Waals surface area contributed by atoms with E-state index in [1.54, 1.807) is 0 Å². The molecule has 0 radical (unpaired) electrons. The van der Waals surface area contributed by atoms with E-state index in [1.807, 2.05) is 24.3 Å². The van der Waals surface area contributed by atoms with Gasteiger partial charge >= 0.3 is 5.97 Å². The molecule has 1 heterocycles. The van der Waals surface area contributed by atoms with Gasteiger partial charge in [0.2, 0.25) is 0 Å². The van der Waals surface area contributed by atoms with Crippen LogP contribution < -0.4 is 5.32 Å². The summed E-state index contributed by atoms with van der Waals surface area (Å²) >= 11 is 1.33. The zero-order chi connectivity index (χ0) is 11.9. The third kappa shape index (κ3) is 1.58. The Bertz CT molecular complexity index is 575. The van der Waals surface area contributed by atoms with Gasteiger partial charge in [-0.2, -0.15) is 4.37 Å². The van der Waals surface area contributed by atoms with E-state index in [2.05, 4.69) is 9.69 Å². The van der Waals surface area contributed by atoms with Gasteiger partial charge < -0.3 is 10.4 Å². The fourth-order valence-corrected chi connectivity index (χ4v) is 2.98. The summed E-state index contributed by atoms with van der Waals surface area (Å²) in [6, 6.07) is 7.78. The molecule has 88 valence electrons. The van der Waals surface area contributed by atoms with Crippen molar-refractivity contribution < 1.29 is 9.90 Å². The number of benzene rings is 1. The first-order valence-electron chi connectivity index (χ1n) is 5.57. The number of rotatable bonds is 3. The van der Waals surface area contributed by atoms with Gasteiger partial charge in [-0.05, 0) is 42.9 Å². The Morgan fingerprint density at radius 2 is 2.18 bits per heavy atom. The lowest BCUT2D eigenvalue weighted by Gasteiger charge is -2.38. The maximum Gasteiger partial charge on any atom is 0.329 e. The van der Waals surface area contributed by atoms with Crippen LogP contribution in [0.25, 0.3) is 10.9 Å². The average Bonchev–Trinajstić information content (AvgIpc) is 2.66. The van der Waals surface area contributed by atoms with E-state index in [4.69, 9.17) is 0 Å². The smallest absolute Gasteiger partial charge is 0.329 e. The average molecular weight is 248 g/mol. The van der Waals surface area contributed by atoms with Gasteiger partial charge in [0.05, 0.1) is 5.52 Å². The van der Waals surface area contributed by atoms with Gasteiger partial charge in [0.15, 0.2) is 0 Å². The fourth-order valence-electron chi connectivity index (χ4n) is 2.12. The van der Waals surface area contributed by atoms with E-state index in [-0.39, 0.29) is 0 Å². The van der Waals surface area contributed by atoms with Crippen LogP contribution in [0.5, 0.6) is 0 Å². The zero-order valence-electron chi connectivity index (χ0n) is 9.14. The molecule has 1 aromatic carbocycles. The number of nitrogens with one attached hydrogen (secondary N) is 1. The summed E-state index contributed by atoms with van der Waals surface area (Å²) < 4.78 is 4.31. The van der Waals surface area contributed by atoms with Crippen molar-refractivity contribution in [1.82, 2.24) is 4.37 Å². The number of hydrogen-bond donors (Lipinski definition) is 2. The molecular formula is C12H12N2O2S. The molecule has 2 aromatic rings. The van der Waals surface area contributed by atoms with Gasteiger partial charge in [-0.1, -0.05) is 12.1 Å². The van der Waals surface area contributed by atoms with Crippen molar-refractivity contribution in [3.8, 4) is 0 Å². The van der Waals surface area contributed by atoms with Crippen LogP contribution in [0.3, 0.4) is 0 Å². The van der Waals surface area contributed by atoms with Crippen LogP contribution in [-0.2, 0) is 4.79 Å². The van der Waals surface area contributed by atoms with Crippen molar-refractivity contribution in [2.45, 2.75) is 24.8 Å². The van der Waals surface area contributed by atoms with Crippen LogP contribution in [0.1, 0.15) is 19.3 Å². The lowest BCUT2D eigenvalue weighted by Crippen LogP contribution is -2.51. The van der Waals surface area contributed by atoms with Gasteiger partial charge in [-0.3, -0.25) is 0 Å². The normalized spacial score (nSPS) is 17.6. The molecule has 0 spiro atoms. The van der Waals surface area contributed by atoms with E-state index in [1.165, 1.54) is 11.5 Å². The molecule has 0 saturated heterocycles. The minimum atomic E-state index is -0.769. The Kier molecular flexibility index (Phi) is 2.29. The van der Waals surface area contributed by atoms with Crippen LogP contribution >= 0.6 is 11.5 Å². The standard InChI is InChI=1S/C12H12N2O2S/c15-11(16)12(6-3-7-12)13-10-8-4-1-2-5-9(8)14-17-10/h1-2,4-5,13H,3,6-7H2,(H,15,16). The molecule has 0 atom stereocenters. The SMILES string of the molecule is O=C(O)C1(Nc2snc3ccccc23)CCC1. The molecule has 1 fully saturated rings. The predicted molar refractivity (Wildman–Crippen MR) is 67.5 cm³/mol. The molecule has 17 heavy (non-hydrogen) atoms. The van der Waals surface area contributed by atoms with E-state index in [9.17, 15) is 9.90 Å². The van der Waals surface area contributed by atoms with Gasteiger partial charge in [-0.15, -0.1) is 0 Å². The zero-order valence-corrected chi connectivity index (χ0v) is 9.96. The molecule has 3 rings (SSSR count). The molecule has 0 unspecified atom stereocenters. The summed E-state index contributed by atoms with van der Waals surface area (Å²) in [5, 5.41) is 14.3. The summed E-state index contributed by atoms with van der Waals surface area (Å²) in [7, 11) is 0. The Labute approximate surface area is 102 Å². The summed E-state index contributed by atoms with van der Waals surface area (Å²) in [6.07, 6.45) is 2.35. The van der Waals surface area contributed by atoms with Gasteiger partial charge in [0.1, 0.15) is 10.5 Å².